The van der Waals surface area contributed by atoms with E-state index in [1.807, 2.05) is 31.2 Å². The van der Waals surface area contributed by atoms with Gasteiger partial charge in [-0.25, -0.2) is 0 Å². The molecule has 1 heterocycles. The van der Waals surface area contributed by atoms with Crippen molar-refractivity contribution in [1.82, 2.24) is 9.80 Å². The smallest absolute Gasteiger partial charge is 0.224 e. The van der Waals surface area contributed by atoms with Gasteiger partial charge < -0.3 is 15.3 Å². The summed E-state index contributed by atoms with van der Waals surface area (Å²) in [6.45, 7) is 6.58. The fourth-order valence-electron chi connectivity index (χ4n) is 2.42. The lowest BCUT2D eigenvalue weighted by Gasteiger charge is -2.33. The number of hydrogen-bond acceptors (Lipinski definition) is 4. The zero-order valence-electron chi connectivity index (χ0n) is 12.9. The Bertz CT molecular complexity index is 453. The fourth-order valence-corrected chi connectivity index (χ4v) is 2.42. The summed E-state index contributed by atoms with van der Waals surface area (Å²) in [6.07, 6.45) is -0.0160. The van der Waals surface area contributed by atoms with Crippen LogP contribution in [0.3, 0.4) is 0 Å². The number of carbonyl (C=O) groups is 1. The zero-order valence-corrected chi connectivity index (χ0v) is 12.9. The number of aliphatic hydroxyl groups excluding tert-OH is 1. The van der Waals surface area contributed by atoms with E-state index in [2.05, 4.69) is 22.2 Å². The van der Waals surface area contributed by atoms with Gasteiger partial charge in [-0.15, -0.1) is 0 Å². The highest BCUT2D eigenvalue weighted by molar-refractivity contribution is 5.90. The largest absolute Gasteiger partial charge is 0.387 e. The van der Waals surface area contributed by atoms with E-state index in [9.17, 15) is 9.90 Å². The molecule has 0 radical (unpaired) electrons. The summed E-state index contributed by atoms with van der Waals surface area (Å²) in [6, 6.07) is 7.45. The summed E-state index contributed by atoms with van der Waals surface area (Å²) in [4.78, 5) is 15.9. The van der Waals surface area contributed by atoms with Gasteiger partial charge in [0.05, 0.1) is 6.10 Å². The normalized spacial score (nSPS) is 18.4. The van der Waals surface area contributed by atoms with Crippen LogP contribution in [-0.4, -0.2) is 60.6 Å². The molecule has 1 saturated heterocycles. The Labute approximate surface area is 126 Å². The molecular formula is C16H25N3O2. The van der Waals surface area contributed by atoms with Crippen molar-refractivity contribution in [2.24, 2.45) is 0 Å². The number of rotatable bonds is 5. The minimum Gasteiger partial charge on any atom is -0.387 e. The number of benzene rings is 1. The van der Waals surface area contributed by atoms with E-state index >= 15 is 0 Å². The first-order chi connectivity index (χ1) is 10.1. The number of anilines is 1. The maximum Gasteiger partial charge on any atom is 0.224 e. The quantitative estimate of drug-likeness (QED) is 0.859. The van der Waals surface area contributed by atoms with E-state index in [0.717, 1.165) is 37.4 Å². The molecule has 0 spiro atoms. The first kappa shape index (κ1) is 15.9. The molecule has 0 bridgehead atoms. The molecule has 0 aromatic heterocycles. The molecule has 2 N–H and O–H groups in total. The second-order valence-electron chi connectivity index (χ2n) is 5.64. The Kier molecular flexibility index (Phi) is 5.73. The maximum atomic E-state index is 11.3. The third-order valence-corrected chi connectivity index (χ3v) is 3.93. The van der Waals surface area contributed by atoms with E-state index in [1.54, 1.807) is 0 Å². The Morgan fingerprint density at radius 1 is 1.24 bits per heavy atom. The average molecular weight is 291 g/mol. The van der Waals surface area contributed by atoms with Crippen molar-refractivity contribution < 1.29 is 9.90 Å². The minimum absolute atomic E-state index is 0.000681. The van der Waals surface area contributed by atoms with Gasteiger partial charge in [-0.05, 0) is 24.7 Å². The highest BCUT2D eigenvalue weighted by Crippen LogP contribution is 2.18. The van der Waals surface area contributed by atoms with Crippen LogP contribution in [0.1, 0.15) is 25.0 Å². The molecule has 1 aromatic rings. The first-order valence-corrected chi connectivity index (χ1v) is 7.57. The van der Waals surface area contributed by atoms with E-state index in [1.165, 1.54) is 0 Å². The molecule has 0 saturated carbocycles. The van der Waals surface area contributed by atoms with Crippen molar-refractivity contribution in [2.45, 2.75) is 19.4 Å². The van der Waals surface area contributed by atoms with Crippen LogP contribution >= 0.6 is 0 Å². The molecular weight excluding hydrogens is 266 g/mol. The van der Waals surface area contributed by atoms with Gasteiger partial charge in [-0.1, -0.05) is 19.1 Å². The highest BCUT2D eigenvalue weighted by atomic mass is 16.3. The predicted molar refractivity (Wildman–Crippen MR) is 84.3 cm³/mol. The highest BCUT2D eigenvalue weighted by Gasteiger charge is 2.17. The van der Waals surface area contributed by atoms with Crippen LogP contribution in [0.15, 0.2) is 24.3 Å². The van der Waals surface area contributed by atoms with Gasteiger partial charge in [0.1, 0.15) is 0 Å². The lowest BCUT2D eigenvalue weighted by molar-refractivity contribution is -0.115. The molecule has 1 atom stereocenters. The van der Waals surface area contributed by atoms with Crippen molar-refractivity contribution >= 4 is 11.6 Å². The van der Waals surface area contributed by atoms with Crippen LogP contribution in [0.5, 0.6) is 0 Å². The standard InChI is InChI=1S/C16H25N3O2/c1-3-16(21)17-14-6-4-13(5-7-14)15(20)12-19-10-8-18(2)9-11-19/h4-7,15,20H,3,8-12H2,1-2H3,(H,17,21). The molecule has 21 heavy (non-hydrogen) atoms. The summed E-state index contributed by atoms with van der Waals surface area (Å²) in [5.41, 5.74) is 1.67. The Balaban J connectivity index is 1.87. The SMILES string of the molecule is CCC(=O)Nc1ccc(C(O)CN2CCN(C)CC2)cc1. The molecule has 1 amide bonds. The number of piperazine rings is 1. The third-order valence-electron chi connectivity index (χ3n) is 3.93. The molecule has 1 aliphatic heterocycles. The molecule has 5 nitrogen and oxygen atoms in total. The number of carbonyl (C=O) groups excluding carboxylic acids is 1. The Morgan fingerprint density at radius 3 is 2.43 bits per heavy atom. The van der Waals surface area contributed by atoms with E-state index in [0.29, 0.717) is 13.0 Å². The van der Waals surface area contributed by atoms with E-state index in [4.69, 9.17) is 0 Å². The van der Waals surface area contributed by atoms with Crippen molar-refractivity contribution in [3.8, 4) is 0 Å². The van der Waals surface area contributed by atoms with Gasteiger partial charge in [-0.2, -0.15) is 0 Å². The van der Waals surface area contributed by atoms with Gasteiger partial charge in [0.2, 0.25) is 5.91 Å². The van der Waals surface area contributed by atoms with Crippen molar-refractivity contribution in [1.29, 1.82) is 0 Å². The number of hydrogen-bond donors (Lipinski definition) is 2. The summed E-state index contributed by atoms with van der Waals surface area (Å²) in [7, 11) is 2.12. The second kappa shape index (κ2) is 7.54. The minimum atomic E-state index is -0.482. The van der Waals surface area contributed by atoms with Crippen molar-refractivity contribution in [3.63, 3.8) is 0 Å². The van der Waals surface area contributed by atoms with Crippen LogP contribution in [0.25, 0.3) is 0 Å². The van der Waals surface area contributed by atoms with Gasteiger partial charge in [0.25, 0.3) is 0 Å². The van der Waals surface area contributed by atoms with Crippen LogP contribution in [0.4, 0.5) is 5.69 Å². The van der Waals surface area contributed by atoms with E-state index < -0.39 is 6.10 Å². The average Bonchev–Trinajstić information content (AvgIpc) is 2.50. The molecule has 1 fully saturated rings. The van der Waals surface area contributed by atoms with Gasteiger partial charge in [0, 0.05) is 44.8 Å². The van der Waals surface area contributed by atoms with Crippen LogP contribution in [0, 0.1) is 0 Å². The zero-order chi connectivity index (χ0) is 15.2. The Hall–Kier alpha value is -1.43. The molecule has 2 rings (SSSR count). The fraction of sp³-hybridized carbons (Fsp3) is 0.562. The third kappa shape index (κ3) is 4.81. The molecule has 1 aliphatic rings. The van der Waals surface area contributed by atoms with Gasteiger partial charge >= 0.3 is 0 Å². The van der Waals surface area contributed by atoms with Gasteiger partial charge in [0.15, 0.2) is 0 Å². The topological polar surface area (TPSA) is 55.8 Å². The number of nitrogens with zero attached hydrogens (tertiary/aromatic N) is 2. The van der Waals surface area contributed by atoms with E-state index in [-0.39, 0.29) is 5.91 Å². The number of aliphatic hydroxyl groups is 1. The lowest BCUT2D eigenvalue weighted by atomic mass is 10.1. The predicted octanol–water partition coefficient (Wildman–Crippen LogP) is 1.32. The molecule has 116 valence electrons. The second-order valence-corrected chi connectivity index (χ2v) is 5.64. The summed E-state index contributed by atoms with van der Waals surface area (Å²) in [5.74, 6) is 0.000681. The van der Waals surface area contributed by atoms with Crippen LogP contribution in [-0.2, 0) is 4.79 Å². The molecule has 0 aliphatic carbocycles. The first-order valence-electron chi connectivity index (χ1n) is 7.57. The van der Waals surface area contributed by atoms with Gasteiger partial charge in [-0.3, -0.25) is 9.69 Å². The summed E-state index contributed by atoms with van der Waals surface area (Å²) < 4.78 is 0. The summed E-state index contributed by atoms with van der Waals surface area (Å²) >= 11 is 0. The molecule has 1 unspecified atom stereocenters. The van der Waals surface area contributed by atoms with Crippen molar-refractivity contribution in [2.75, 3.05) is 45.1 Å². The van der Waals surface area contributed by atoms with Crippen LogP contribution < -0.4 is 5.32 Å². The number of amides is 1. The maximum absolute atomic E-state index is 11.3. The van der Waals surface area contributed by atoms with Crippen LogP contribution in [0.2, 0.25) is 0 Å². The lowest BCUT2D eigenvalue weighted by Crippen LogP contribution is -2.45. The molecule has 1 aromatic carbocycles. The van der Waals surface area contributed by atoms with Crippen molar-refractivity contribution in [3.05, 3.63) is 29.8 Å². The summed E-state index contributed by atoms with van der Waals surface area (Å²) in [5, 5.41) is 13.1. The number of β-amino-alcohol motifs (C(OH)–C–C–N with tert-alkyl or cyclic N) is 1. The monoisotopic (exact) mass is 291 g/mol. The number of likely N-dealkylation sites (N-methyl/N-ethyl adjacent to an activating group) is 1. The Morgan fingerprint density at radius 2 is 1.86 bits per heavy atom. The molecule has 5 heteroatoms. The number of nitrogens with one attached hydrogen (secondary N) is 1.